The van der Waals surface area contributed by atoms with E-state index in [4.69, 9.17) is 11.6 Å². The van der Waals surface area contributed by atoms with Crippen molar-refractivity contribution in [2.45, 2.75) is 37.6 Å². The molecule has 2 aromatic carbocycles. The quantitative estimate of drug-likeness (QED) is 0.612. The average Bonchev–Trinajstić information content (AvgIpc) is 3.06. The topological polar surface area (TPSA) is 76.9 Å². The zero-order valence-electron chi connectivity index (χ0n) is 15.0. The van der Waals surface area contributed by atoms with Crippen LogP contribution in [0.1, 0.15) is 30.9 Å². The lowest BCUT2D eigenvalue weighted by molar-refractivity contribution is 0.600. The number of hydrogen-bond acceptors (Lipinski definition) is 4. The molecule has 1 heterocycles. The maximum atomic E-state index is 12.5. The fourth-order valence-electron chi connectivity index (χ4n) is 2.64. The molecular formula is C19H21ClN4O2S. The number of anilines is 1. The SMILES string of the molecule is CCCCc1ccc(S(=O)(=O)Nc2ncn(Cc3cccc(Cl)c3)n2)cc1. The number of benzene rings is 2. The van der Waals surface area contributed by atoms with E-state index in [1.54, 1.807) is 22.9 Å². The minimum Gasteiger partial charge on any atom is -0.246 e. The summed E-state index contributed by atoms with van der Waals surface area (Å²) in [5, 5.41) is 4.81. The van der Waals surface area contributed by atoms with Crippen LogP contribution >= 0.6 is 11.6 Å². The molecule has 0 saturated heterocycles. The Kier molecular flexibility index (Phi) is 6.13. The van der Waals surface area contributed by atoms with E-state index in [1.807, 2.05) is 30.3 Å². The van der Waals surface area contributed by atoms with Gasteiger partial charge in [0.05, 0.1) is 11.4 Å². The molecule has 0 atom stereocenters. The lowest BCUT2D eigenvalue weighted by Crippen LogP contribution is -2.14. The molecule has 6 nitrogen and oxygen atoms in total. The molecule has 142 valence electrons. The molecule has 0 fully saturated rings. The Morgan fingerprint density at radius 2 is 1.89 bits per heavy atom. The Hall–Kier alpha value is -2.38. The predicted molar refractivity (Wildman–Crippen MR) is 106 cm³/mol. The van der Waals surface area contributed by atoms with Crippen LogP contribution in [-0.4, -0.2) is 23.2 Å². The second-order valence-electron chi connectivity index (χ2n) is 6.25. The van der Waals surface area contributed by atoms with Gasteiger partial charge in [0.2, 0.25) is 0 Å². The van der Waals surface area contributed by atoms with Crippen LogP contribution in [0.2, 0.25) is 5.02 Å². The number of hydrogen-bond donors (Lipinski definition) is 1. The van der Waals surface area contributed by atoms with E-state index in [0.29, 0.717) is 11.6 Å². The van der Waals surface area contributed by atoms with Crippen molar-refractivity contribution >= 4 is 27.6 Å². The minimum atomic E-state index is -3.73. The number of nitrogens with zero attached hydrogens (tertiary/aromatic N) is 3. The zero-order valence-corrected chi connectivity index (χ0v) is 16.5. The lowest BCUT2D eigenvalue weighted by Gasteiger charge is -2.06. The first-order chi connectivity index (χ1) is 13.0. The normalized spacial score (nSPS) is 11.5. The fourth-order valence-corrected chi connectivity index (χ4v) is 3.79. The van der Waals surface area contributed by atoms with Gasteiger partial charge in [-0.3, -0.25) is 0 Å². The standard InChI is InChI=1S/C19H21ClN4O2S/c1-2-3-5-15-8-10-18(11-9-15)27(25,26)23-19-21-14-24(22-19)13-16-6-4-7-17(20)12-16/h4,6-12,14H,2-3,5,13H2,1H3,(H,22,23). The summed E-state index contributed by atoms with van der Waals surface area (Å²) in [6.07, 6.45) is 4.61. The third-order valence-corrected chi connectivity index (χ3v) is 5.63. The summed E-state index contributed by atoms with van der Waals surface area (Å²) in [4.78, 5) is 4.22. The Balaban J connectivity index is 1.68. The Labute approximate surface area is 164 Å². The summed E-state index contributed by atoms with van der Waals surface area (Å²) in [6.45, 7) is 2.57. The molecule has 0 saturated carbocycles. The largest absolute Gasteiger partial charge is 0.264 e. The van der Waals surface area contributed by atoms with Crippen molar-refractivity contribution in [2.24, 2.45) is 0 Å². The second kappa shape index (κ2) is 8.54. The molecule has 8 heteroatoms. The summed E-state index contributed by atoms with van der Waals surface area (Å²) in [7, 11) is -3.73. The number of aryl methyl sites for hydroxylation is 1. The highest BCUT2D eigenvalue weighted by Gasteiger charge is 2.16. The van der Waals surface area contributed by atoms with Crippen molar-refractivity contribution in [3.63, 3.8) is 0 Å². The summed E-state index contributed by atoms with van der Waals surface area (Å²) in [6, 6.07) is 14.3. The molecule has 0 aliphatic carbocycles. The molecule has 0 spiro atoms. The van der Waals surface area contributed by atoms with Crippen molar-refractivity contribution in [3.8, 4) is 0 Å². The van der Waals surface area contributed by atoms with Crippen LogP contribution in [0.3, 0.4) is 0 Å². The van der Waals surface area contributed by atoms with Crippen LogP contribution in [-0.2, 0) is 23.0 Å². The van der Waals surface area contributed by atoms with Gasteiger partial charge in [-0.05, 0) is 48.2 Å². The molecule has 3 aromatic rings. The van der Waals surface area contributed by atoms with E-state index in [-0.39, 0.29) is 10.8 Å². The van der Waals surface area contributed by atoms with Crippen molar-refractivity contribution in [3.05, 3.63) is 71.0 Å². The van der Waals surface area contributed by atoms with E-state index in [1.165, 1.54) is 6.33 Å². The van der Waals surface area contributed by atoms with E-state index >= 15 is 0 Å². The lowest BCUT2D eigenvalue weighted by atomic mass is 10.1. The van der Waals surface area contributed by atoms with Gasteiger partial charge in [0.25, 0.3) is 16.0 Å². The van der Waals surface area contributed by atoms with Crippen molar-refractivity contribution in [2.75, 3.05) is 4.72 Å². The molecule has 0 bridgehead atoms. The molecule has 0 unspecified atom stereocenters. The maximum absolute atomic E-state index is 12.5. The number of aromatic nitrogens is 3. The smallest absolute Gasteiger partial charge is 0.246 e. The van der Waals surface area contributed by atoms with E-state index in [0.717, 1.165) is 30.4 Å². The van der Waals surface area contributed by atoms with Gasteiger partial charge in [0.15, 0.2) is 0 Å². The highest BCUT2D eigenvalue weighted by atomic mass is 35.5. The molecular weight excluding hydrogens is 384 g/mol. The maximum Gasteiger partial charge on any atom is 0.264 e. The number of sulfonamides is 1. The van der Waals surface area contributed by atoms with Crippen LogP contribution in [0.5, 0.6) is 0 Å². The highest BCUT2D eigenvalue weighted by molar-refractivity contribution is 7.92. The van der Waals surface area contributed by atoms with E-state index < -0.39 is 10.0 Å². The Bertz CT molecular complexity index is 1000. The molecule has 1 aromatic heterocycles. The van der Waals surface area contributed by atoms with Crippen LogP contribution in [0.25, 0.3) is 0 Å². The summed E-state index contributed by atoms with van der Waals surface area (Å²) < 4.78 is 29.0. The third kappa shape index (κ3) is 5.30. The third-order valence-electron chi connectivity index (χ3n) is 4.05. The van der Waals surface area contributed by atoms with E-state index in [9.17, 15) is 8.42 Å². The van der Waals surface area contributed by atoms with Gasteiger partial charge in [0, 0.05) is 5.02 Å². The molecule has 0 radical (unpaired) electrons. The van der Waals surface area contributed by atoms with Crippen LogP contribution in [0.4, 0.5) is 5.95 Å². The number of rotatable bonds is 8. The van der Waals surface area contributed by atoms with Gasteiger partial charge < -0.3 is 0 Å². The van der Waals surface area contributed by atoms with Gasteiger partial charge in [-0.2, -0.15) is 4.98 Å². The van der Waals surface area contributed by atoms with Gasteiger partial charge in [-0.15, -0.1) is 5.10 Å². The second-order valence-corrected chi connectivity index (χ2v) is 8.37. The molecule has 0 aliphatic rings. The number of halogens is 1. The van der Waals surface area contributed by atoms with Gasteiger partial charge >= 0.3 is 0 Å². The molecule has 3 rings (SSSR count). The monoisotopic (exact) mass is 404 g/mol. The Morgan fingerprint density at radius 3 is 2.59 bits per heavy atom. The van der Waals surface area contributed by atoms with Crippen molar-refractivity contribution < 1.29 is 8.42 Å². The van der Waals surface area contributed by atoms with Crippen LogP contribution in [0.15, 0.2) is 59.8 Å². The van der Waals surface area contributed by atoms with Crippen LogP contribution in [0, 0.1) is 0 Å². The predicted octanol–water partition coefficient (Wildman–Crippen LogP) is 4.12. The fraction of sp³-hybridized carbons (Fsp3) is 0.263. The zero-order chi connectivity index (χ0) is 19.3. The summed E-state index contributed by atoms with van der Waals surface area (Å²) in [5.74, 6) is 0.0343. The van der Waals surface area contributed by atoms with Crippen molar-refractivity contribution in [1.82, 2.24) is 14.8 Å². The first-order valence-electron chi connectivity index (χ1n) is 8.72. The van der Waals surface area contributed by atoms with Crippen molar-refractivity contribution in [1.29, 1.82) is 0 Å². The Morgan fingerprint density at radius 1 is 1.11 bits per heavy atom. The summed E-state index contributed by atoms with van der Waals surface area (Å²) >= 11 is 5.97. The number of nitrogens with one attached hydrogen (secondary N) is 1. The van der Waals surface area contributed by atoms with Gasteiger partial charge in [-0.1, -0.05) is 49.2 Å². The van der Waals surface area contributed by atoms with Crippen LogP contribution < -0.4 is 4.72 Å². The molecule has 0 amide bonds. The minimum absolute atomic E-state index is 0.0343. The van der Waals surface area contributed by atoms with E-state index in [2.05, 4.69) is 21.7 Å². The molecule has 0 aliphatic heterocycles. The first-order valence-corrected chi connectivity index (χ1v) is 10.6. The number of unbranched alkanes of at least 4 members (excludes halogenated alkanes) is 1. The molecule has 1 N–H and O–H groups in total. The average molecular weight is 405 g/mol. The molecule has 27 heavy (non-hydrogen) atoms. The van der Waals surface area contributed by atoms with Gasteiger partial charge in [0.1, 0.15) is 6.33 Å². The summed E-state index contributed by atoms with van der Waals surface area (Å²) in [5.41, 5.74) is 2.07. The highest BCUT2D eigenvalue weighted by Crippen LogP contribution is 2.16. The first kappa shape index (κ1) is 19.4. The van der Waals surface area contributed by atoms with Gasteiger partial charge in [-0.25, -0.2) is 17.8 Å².